The number of hydrogen-bond acceptors (Lipinski definition) is 4. The molecule has 1 fully saturated rings. The summed E-state index contributed by atoms with van der Waals surface area (Å²) in [5.41, 5.74) is 2.05. The zero-order valence-electron chi connectivity index (χ0n) is 11.0. The van der Waals surface area contributed by atoms with Gasteiger partial charge in [0.15, 0.2) is 5.58 Å². The van der Waals surface area contributed by atoms with Crippen molar-refractivity contribution in [3.8, 4) is 0 Å². The van der Waals surface area contributed by atoms with Crippen LogP contribution >= 0.6 is 12.4 Å². The molecule has 4 nitrogen and oxygen atoms in total. The molecule has 0 aliphatic carbocycles. The van der Waals surface area contributed by atoms with Gasteiger partial charge in [-0.1, -0.05) is 17.3 Å². The second kappa shape index (κ2) is 7.92. The molecule has 2 aromatic rings. The second-order valence-electron chi connectivity index (χ2n) is 4.32. The van der Waals surface area contributed by atoms with Gasteiger partial charge < -0.3 is 14.6 Å². The van der Waals surface area contributed by atoms with Crippen LogP contribution in [0.4, 0.5) is 0 Å². The van der Waals surface area contributed by atoms with E-state index in [9.17, 15) is 0 Å². The molecule has 1 aliphatic heterocycles. The molecule has 0 atom stereocenters. The van der Waals surface area contributed by atoms with E-state index in [4.69, 9.17) is 9.32 Å². The van der Waals surface area contributed by atoms with Crippen molar-refractivity contribution < 1.29 is 9.32 Å². The van der Waals surface area contributed by atoms with Gasteiger partial charge in [-0.15, -0.1) is 12.4 Å². The van der Waals surface area contributed by atoms with Gasteiger partial charge >= 0.3 is 0 Å². The van der Waals surface area contributed by atoms with E-state index < -0.39 is 0 Å². The number of rotatable bonds is 1. The van der Waals surface area contributed by atoms with E-state index in [1.165, 1.54) is 12.3 Å². The summed E-state index contributed by atoms with van der Waals surface area (Å²) in [4.78, 5) is 8.81. The summed E-state index contributed by atoms with van der Waals surface area (Å²) in [6.07, 6.45) is 3.08. The summed E-state index contributed by atoms with van der Waals surface area (Å²) >= 11 is 0. The van der Waals surface area contributed by atoms with Crippen molar-refractivity contribution in [3.63, 3.8) is 0 Å². The van der Waals surface area contributed by atoms with Gasteiger partial charge in [0.2, 0.25) is 0 Å². The van der Waals surface area contributed by atoms with Crippen LogP contribution < -0.4 is 5.32 Å². The monoisotopic (exact) mass is 282 g/mol. The molecule has 104 valence electrons. The van der Waals surface area contributed by atoms with E-state index in [0.29, 0.717) is 5.92 Å². The molecule has 19 heavy (non-hydrogen) atoms. The third-order valence-corrected chi connectivity index (χ3v) is 3.13. The van der Waals surface area contributed by atoms with Gasteiger partial charge in [-0.05, 0) is 45.0 Å². The Kier molecular flexibility index (Phi) is 6.53. The predicted octanol–water partition coefficient (Wildman–Crippen LogP) is 2.92. The Morgan fingerprint density at radius 1 is 1.32 bits per heavy atom. The molecule has 1 N–H and O–H groups in total. The maximum absolute atomic E-state index is 8.81. The Morgan fingerprint density at radius 3 is 2.63 bits per heavy atom. The Labute approximate surface area is 118 Å². The molecule has 1 aromatic heterocycles. The fraction of sp³-hybridized carbons (Fsp3) is 0.429. The fourth-order valence-electron chi connectivity index (χ4n) is 2.30. The van der Waals surface area contributed by atoms with Crippen LogP contribution in [0.15, 0.2) is 28.8 Å². The van der Waals surface area contributed by atoms with Crippen LogP contribution in [0, 0.1) is 0 Å². The van der Waals surface area contributed by atoms with E-state index in [2.05, 4.69) is 16.5 Å². The van der Waals surface area contributed by atoms with Gasteiger partial charge in [0.25, 0.3) is 0 Å². The summed E-state index contributed by atoms with van der Waals surface area (Å²) in [6.45, 7) is 3.62. The normalized spacial score (nSPS) is 15.2. The average molecular weight is 283 g/mol. The number of carbonyl (C=O) groups excluding carboxylic acids is 1. The first-order chi connectivity index (χ1) is 8.86. The van der Waals surface area contributed by atoms with Gasteiger partial charge in [-0.2, -0.15) is 0 Å². The number of carbonyl (C=O) groups is 1. The highest BCUT2D eigenvalue weighted by atomic mass is 35.5. The van der Waals surface area contributed by atoms with Crippen molar-refractivity contribution >= 4 is 29.7 Å². The third-order valence-electron chi connectivity index (χ3n) is 3.13. The van der Waals surface area contributed by atoms with Gasteiger partial charge in [0.1, 0.15) is 6.29 Å². The molecular formula is C14H19ClN2O2. The Hall–Kier alpha value is -1.39. The van der Waals surface area contributed by atoms with Crippen LogP contribution in [0.1, 0.15) is 31.4 Å². The largest absolute Gasteiger partial charge is 0.356 e. The summed E-state index contributed by atoms with van der Waals surface area (Å²) in [6, 6.07) is 8.11. The number of halogens is 1. The van der Waals surface area contributed by atoms with Crippen LogP contribution in [0.25, 0.3) is 11.0 Å². The molecule has 0 spiro atoms. The smallest absolute Gasteiger partial charge is 0.167 e. The molecule has 3 rings (SSSR count). The minimum Gasteiger partial charge on any atom is -0.356 e. The Morgan fingerprint density at radius 2 is 1.95 bits per heavy atom. The highest BCUT2D eigenvalue weighted by Crippen LogP contribution is 2.30. The number of benzene rings is 1. The van der Waals surface area contributed by atoms with E-state index in [1.54, 1.807) is 0 Å². The first-order valence-corrected chi connectivity index (χ1v) is 6.31. The van der Waals surface area contributed by atoms with Crippen LogP contribution in [0.2, 0.25) is 0 Å². The predicted molar refractivity (Wildman–Crippen MR) is 77.8 cm³/mol. The second-order valence-corrected chi connectivity index (χ2v) is 4.32. The molecule has 0 amide bonds. The average Bonchev–Trinajstić information content (AvgIpc) is 2.84. The number of hydrogen-bond donors (Lipinski definition) is 1. The van der Waals surface area contributed by atoms with Crippen LogP contribution in [-0.2, 0) is 4.79 Å². The lowest BCUT2D eigenvalue weighted by atomic mass is 9.93. The standard InChI is InChI=1S/C12H14N2O.C2H4O.ClH/c1-2-4-11-10(3-1)12(14-15-11)9-5-7-13-8-6-9;1-2-3;/h1-4,9,13H,5-8H2;2H,1H3;1H. The number of nitrogens with one attached hydrogen (secondary N) is 1. The fourth-order valence-corrected chi connectivity index (χ4v) is 2.30. The molecule has 1 aromatic carbocycles. The molecule has 0 bridgehead atoms. The van der Waals surface area contributed by atoms with Gasteiger partial charge in [-0.3, -0.25) is 0 Å². The molecule has 2 heterocycles. The minimum atomic E-state index is 0. The highest BCUT2D eigenvalue weighted by Gasteiger charge is 2.20. The van der Waals surface area contributed by atoms with Crippen molar-refractivity contribution in [2.75, 3.05) is 13.1 Å². The Balaban J connectivity index is 0.000000416. The summed E-state index contributed by atoms with van der Waals surface area (Å²) in [7, 11) is 0. The maximum atomic E-state index is 8.81. The van der Waals surface area contributed by atoms with Crippen molar-refractivity contribution in [3.05, 3.63) is 30.0 Å². The van der Waals surface area contributed by atoms with Gasteiger partial charge in [0.05, 0.1) is 5.69 Å². The highest BCUT2D eigenvalue weighted by molar-refractivity contribution is 5.85. The van der Waals surface area contributed by atoms with Crippen molar-refractivity contribution in [1.82, 2.24) is 10.5 Å². The minimum absolute atomic E-state index is 0. The van der Waals surface area contributed by atoms with Crippen molar-refractivity contribution in [2.24, 2.45) is 0 Å². The first-order valence-electron chi connectivity index (χ1n) is 6.31. The molecule has 1 aliphatic rings. The first kappa shape index (κ1) is 15.7. The third kappa shape index (κ3) is 3.78. The van der Waals surface area contributed by atoms with Crippen LogP contribution in [0.5, 0.6) is 0 Å². The van der Waals surface area contributed by atoms with E-state index in [0.717, 1.165) is 43.5 Å². The summed E-state index contributed by atoms with van der Waals surface area (Å²) in [5, 5.41) is 8.77. The maximum Gasteiger partial charge on any atom is 0.167 e. The molecule has 0 radical (unpaired) electrons. The lowest BCUT2D eigenvalue weighted by Gasteiger charge is -2.20. The quantitative estimate of drug-likeness (QED) is 0.817. The summed E-state index contributed by atoms with van der Waals surface area (Å²) < 4.78 is 5.33. The van der Waals surface area contributed by atoms with E-state index in [-0.39, 0.29) is 12.4 Å². The molecule has 0 unspecified atom stereocenters. The number of para-hydroxylation sites is 1. The summed E-state index contributed by atoms with van der Waals surface area (Å²) in [5.74, 6) is 0.565. The zero-order valence-corrected chi connectivity index (χ0v) is 11.8. The van der Waals surface area contributed by atoms with Crippen LogP contribution in [0.3, 0.4) is 0 Å². The van der Waals surface area contributed by atoms with E-state index in [1.807, 2.05) is 18.2 Å². The topological polar surface area (TPSA) is 55.1 Å². The molecule has 5 heteroatoms. The van der Waals surface area contributed by atoms with Crippen molar-refractivity contribution in [2.45, 2.75) is 25.7 Å². The lowest BCUT2D eigenvalue weighted by molar-refractivity contribution is -0.106. The molecule has 0 saturated carbocycles. The number of piperidine rings is 1. The van der Waals surface area contributed by atoms with Gasteiger partial charge in [0, 0.05) is 11.3 Å². The number of nitrogens with zero attached hydrogens (tertiary/aromatic N) is 1. The zero-order chi connectivity index (χ0) is 12.8. The van der Waals surface area contributed by atoms with Crippen LogP contribution in [-0.4, -0.2) is 24.5 Å². The van der Waals surface area contributed by atoms with Gasteiger partial charge in [-0.25, -0.2) is 0 Å². The lowest BCUT2D eigenvalue weighted by Crippen LogP contribution is -2.26. The van der Waals surface area contributed by atoms with Crippen molar-refractivity contribution in [1.29, 1.82) is 0 Å². The molecular weight excluding hydrogens is 264 g/mol. The van der Waals surface area contributed by atoms with E-state index >= 15 is 0 Å². The number of aldehydes is 1. The number of aromatic nitrogens is 1. The SMILES string of the molecule is CC=O.Cl.c1ccc2c(C3CCNCC3)noc2c1. The molecule has 1 saturated heterocycles. The Bertz CT molecular complexity index is 507. The number of fused-ring (bicyclic) bond motifs is 1.